The second-order valence-corrected chi connectivity index (χ2v) is 7.53. The summed E-state index contributed by atoms with van der Waals surface area (Å²) in [6.45, 7) is 5.65. The van der Waals surface area contributed by atoms with Gasteiger partial charge in [0, 0.05) is 30.8 Å². The molecule has 2 saturated heterocycles. The fourth-order valence-corrected chi connectivity index (χ4v) is 4.08. The Kier molecular flexibility index (Phi) is 7.17. The van der Waals surface area contributed by atoms with Crippen LogP contribution in [0.4, 0.5) is 0 Å². The van der Waals surface area contributed by atoms with Crippen molar-refractivity contribution >= 4 is 17.5 Å². The van der Waals surface area contributed by atoms with Gasteiger partial charge >= 0.3 is 0 Å². The van der Waals surface area contributed by atoms with E-state index in [9.17, 15) is 4.79 Å². The molecule has 0 spiro atoms. The van der Waals surface area contributed by atoms with Crippen molar-refractivity contribution in [3.05, 3.63) is 28.8 Å². The van der Waals surface area contributed by atoms with Crippen molar-refractivity contribution in [2.24, 2.45) is 0 Å². The van der Waals surface area contributed by atoms with Crippen molar-refractivity contribution < 1.29 is 14.3 Å². The Bertz CT molecular complexity index is 599. The van der Waals surface area contributed by atoms with E-state index in [4.69, 9.17) is 21.1 Å². The molecule has 0 unspecified atom stereocenters. The zero-order chi connectivity index (χ0) is 18.4. The van der Waals surface area contributed by atoms with Crippen molar-refractivity contribution in [1.29, 1.82) is 0 Å². The molecular formula is C20H29ClN2O3. The number of likely N-dealkylation sites (tertiary alicyclic amines) is 1. The normalized spacial score (nSPS) is 18.8. The Morgan fingerprint density at radius 1 is 1.31 bits per heavy atom. The zero-order valence-corrected chi connectivity index (χ0v) is 16.3. The fourth-order valence-electron chi connectivity index (χ4n) is 3.91. The Hall–Kier alpha value is -1.30. The summed E-state index contributed by atoms with van der Waals surface area (Å²) in [7, 11) is 1.58. The molecular weight excluding hydrogens is 352 g/mol. The van der Waals surface area contributed by atoms with Gasteiger partial charge in [-0.05, 0) is 69.9 Å². The van der Waals surface area contributed by atoms with Crippen molar-refractivity contribution in [3.8, 4) is 5.75 Å². The van der Waals surface area contributed by atoms with Crippen LogP contribution in [0, 0.1) is 0 Å². The van der Waals surface area contributed by atoms with E-state index in [-0.39, 0.29) is 11.9 Å². The molecule has 0 N–H and O–H groups in total. The monoisotopic (exact) mass is 380 g/mol. The third-order valence-corrected chi connectivity index (χ3v) is 5.59. The van der Waals surface area contributed by atoms with E-state index in [0.29, 0.717) is 16.3 Å². The molecule has 0 saturated carbocycles. The minimum atomic E-state index is 0.0341. The lowest BCUT2D eigenvalue weighted by Crippen LogP contribution is -2.44. The van der Waals surface area contributed by atoms with E-state index in [2.05, 4.69) is 4.90 Å². The number of hydrogen-bond donors (Lipinski definition) is 0. The van der Waals surface area contributed by atoms with Gasteiger partial charge in [0.25, 0.3) is 5.91 Å². The molecule has 1 aromatic carbocycles. The number of rotatable bonds is 7. The van der Waals surface area contributed by atoms with E-state index < -0.39 is 0 Å². The predicted molar refractivity (Wildman–Crippen MR) is 103 cm³/mol. The Labute approximate surface area is 161 Å². The van der Waals surface area contributed by atoms with E-state index in [1.165, 1.54) is 25.9 Å². The molecule has 0 radical (unpaired) electrons. The van der Waals surface area contributed by atoms with Crippen LogP contribution in [0.5, 0.6) is 5.75 Å². The first-order chi connectivity index (χ1) is 12.7. The molecule has 3 rings (SSSR count). The van der Waals surface area contributed by atoms with Gasteiger partial charge in [0.1, 0.15) is 5.75 Å². The fraction of sp³-hybridized carbons (Fsp3) is 0.650. The van der Waals surface area contributed by atoms with Gasteiger partial charge in [0.2, 0.25) is 0 Å². The Morgan fingerprint density at radius 3 is 2.73 bits per heavy atom. The lowest BCUT2D eigenvalue weighted by molar-refractivity contribution is 0.0280. The first-order valence-electron chi connectivity index (χ1n) is 9.63. The second kappa shape index (κ2) is 9.58. The Morgan fingerprint density at radius 2 is 2.04 bits per heavy atom. The van der Waals surface area contributed by atoms with Crippen LogP contribution in [0.2, 0.25) is 5.02 Å². The third-order valence-electron chi connectivity index (χ3n) is 5.36. The average molecular weight is 381 g/mol. The number of ether oxygens (including phenoxy) is 2. The highest BCUT2D eigenvalue weighted by Gasteiger charge is 2.28. The number of benzene rings is 1. The third kappa shape index (κ3) is 4.90. The van der Waals surface area contributed by atoms with Crippen molar-refractivity contribution in [3.63, 3.8) is 0 Å². The molecule has 2 aliphatic heterocycles. The summed E-state index contributed by atoms with van der Waals surface area (Å²) in [5.41, 5.74) is 0.588. The molecule has 26 heavy (non-hydrogen) atoms. The van der Waals surface area contributed by atoms with Crippen LogP contribution in [0.15, 0.2) is 18.2 Å². The van der Waals surface area contributed by atoms with Gasteiger partial charge in [0.05, 0.1) is 12.7 Å². The minimum absolute atomic E-state index is 0.0341. The van der Waals surface area contributed by atoms with Gasteiger partial charge in [-0.2, -0.15) is 0 Å². The summed E-state index contributed by atoms with van der Waals surface area (Å²) < 4.78 is 10.9. The molecule has 0 atom stereocenters. The van der Waals surface area contributed by atoms with Crippen LogP contribution < -0.4 is 4.74 Å². The number of carbonyl (C=O) groups is 1. The van der Waals surface area contributed by atoms with Gasteiger partial charge in [0.15, 0.2) is 0 Å². The molecule has 144 valence electrons. The lowest BCUT2D eigenvalue weighted by atomic mass is 10.0. The van der Waals surface area contributed by atoms with Crippen LogP contribution in [0.1, 0.15) is 42.5 Å². The summed E-state index contributed by atoms with van der Waals surface area (Å²) in [6, 6.07) is 5.47. The second-order valence-electron chi connectivity index (χ2n) is 7.09. The highest BCUT2D eigenvalue weighted by atomic mass is 35.5. The summed E-state index contributed by atoms with van der Waals surface area (Å²) in [6.07, 6.45) is 5.38. The van der Waals surface area contributed by atoms with Crippen LogP contribution in [-0.2, 0) is 4.74 Å². The van der Waals surface area contributed by atoms with Crippen LogP contribution in [-0.4, -0.2) is 68.3 Å². The average Bonchev–Trinajstić information content (AvgIpc) is 3.19. The maximum atomic E-state index is 13.3. The van der Waals surface area contributed by atoms with Crippen LogP contribution >= 0.6 is 11.6 Å². The Balaban J connectivity index is 1.71. The molecule has 0 aliphatic carbocycles. The van der Waals surface area contributed by atoms with Gasteiger partial charge in [-0.15, -0.1) is 0 Å². The molecule has 0 bridgehead atoms. The predicted octanol–water partition coefficient (Wildman–Crippen LogP) is 3.46. The van der Waals surface area contributed by atoms with E-state index in [0.717, 1.165) is 45.6 Å². The van der Waals surface area contributed by atoms with E-state index in [1.54, 1.807) is 25.3 Å². The largest absolute Gasteiger partial charge is 0.496 e. The number of nitrogens with zero attached hydrogens (tertiary/aromatic N) is 2. The summed E-state index contributed by atoms with van der Waals surface area (Å²) in [4.78, 5) is 17.8. The summed E-state index contributed by atoms with van der Waals surface area (Å²) in [5.74, 6) is 0.575. The molecule has 0 aromatic heterocycles. The molecule has 6 heteroatoms. The lowest BCUT2D eigenvalue weighted by Gasteiger charge is -2.35. The number of carbonyl (C=O) groups excluding carboxylic acids is 1. The number of halogens is 1. The molecule has 2 fully saturated rings. The van der Waals surface area contributed by atoms with Gasteiger partial charge in [-0.3, -0.25) is 4.79 Å². The summed E-state index contributed by atoms with van der Waals surface area (Å²) in [5, 5.41) is 0.574. The van der Waals surface area contributed by atoms with Gasteiger partial charge in [-0.25, -0.2) is 0 Å². The molecule has 2 aliphatic rings. The topological polar surface area (TPSA) is 42.0 Å². The van der Waals surface area contributed by atoms with Crippen molar-refractivity contribution in [2.45, 2.75) is 38.1 Å². The van der Waals surface area contributed by atoms with Crippen molar-refractivity contribution in [1.82, 2.24) is 9.80 Å². The maximum absolute atomic E-state index is 13.3. The van der Waals surface area contributed by atoms with Crippen molar-refractivity contribution in [2.75, 3.05) is 46.5 Å². The van der Waals surface area contributed by atoms with E-state index in [1.807, 2.05) is 4.90 Å². The number of methoxy groups -OCH3 is 1. The minimum Gasteiger partial charge on any atom is -0.496 e. The van der Waals surface area contributed by atoms with Gasteiger partial charge in [-0.1, -0.05) is 11.6 Å². The SMILES string of the molecule is COc1cc(Cl)ccc1C(=O)N(CCCN1CCCC1)C1CCOCC1. The molecule has 2 heterocycles. The van der Waals surface area contributed by atoms with Gasteiger partial charge < -0.3 is 19.3 Å². The van der Waals surface area contributed by atoms with E-state index >= 15 is 0 Å². The molecule has 1 aromatic rings. The standard InChI is InChI=1S/C20H29ClN2O3/c1-25-19-15-16(21)5-6-18(19)20(24)23(17-7-13-26-14-8-17)12-4-11-22-9-2-3-10-22/h5-6,15,17H,2-4,7-14H2,1H3. The number of hydrogen-bond acceptors (Lipinski definition) is 4. The molecule has 5 nitrogen and oxygen atoms in total. The van der Waals surface area contributed by atoms with Crippen LogP contribution in [0.3, 0.4) is 0 Å². The highest BCUT2D eigenvalue weighted by Crippen LogP contribution is 2.27. The highest BCUT2D eigenvalue weighted by molar-refractivity contribution is 6.30. The first-order valence-corrected chi connectivity index (χ1v) is 10.0. The van der Waals surface area contributed by atoms with Crippen LogP contribution in [0.25, 0.3) is 0 Å². The first kappa shape index (κ1) is 19.5. The summed E-state index contributed by atoms with van der Waals surface area (Å²) >= 11 is 6.06. The quantitative estimate of drug-likeness (QED) is 0.726. The smallest absolute Gasteiger partial charge is 0.257 e. The molecule has 1 amide bonds. The zero-order valence-electron chi connectivity index (χ0n) is 15.6. The maximum Gasteiger partial charge on any atom is 0.257 e. The number of amides is 1.